The number of aromatic nitrogens is 2. The summed E-state index contributed by atoms with van der Waals surface area (Å²) in [5, 5.41) is 10.1. The standard InChI is InChI=1S/C20H13Cl4F3N4O/c21-10-3-1-9(2-4-10)14-8-15(20(25,26)27)31-18(28-14)16(24)17(30-31)19(32)29-13-6-5-11(22)7-12(13)23/h1-7,14-15,28H,8H2,(H,29,32)/t14-,15-/m0/s1. The van der Waals surface area contributed by atoms with E-state index in [9.17, 15) is 18.0 Å². The third-order valence-electron chi connectivity index (χ3n) is 4.96. The first-order valence-corrected chi connectivity index (χ1v) is 10.7. The van der Waals surface area contributed by atoms with Crippen LogP contribution in [-0.4, -0.2) is 21.9 Å². The molecular weight excluding hydrogens is 511 g/mol. The number of anilines is 2. The Bertz CT molecular complexity index is 1180. The van der Waals surface area contributed by atoms with Crippen molar-refractivity contribution in [3.63, 3.8) is 0 Å². The summed E-state index contributed by atoms with van der Waals surface area (Å²) in [6, 6.07) is 8.09. The quantitative estimate of drug-likeness (QED) is 0.375. The number of nitrogens with zero attached hydrogens (tertiary/aromatic N) is 2. The maximum Gasteiger partial charge on any atom is 0.410 e. The van der Waals surface area contributed by atoms with E-state index in [2.05, 4.69) is 15.7 Å². The Balaban J connectivity index is 1.70. The van der Waals surface area contributed by atoms with E-state index >= 15 is 0 Å². The molecule has 5 nitrogen and oxygen atoms in total. The highest BCUT2D eigenvalue weighted by Crippen LogP contribution is 2.46. The molecule has 168 valence electrons. The molecule has 2 atom stereocenters. The fourth-order valence-corrected chi connectivity index (χ4v) is 4.27. The lowest BCUT2D eigenvalue weighted by Gasteiger charge is -2.33. The second kappa shape index (κ2) is 8.67. The number of hydrogen-bond acceptors (Lipinski definition) is 3. The highest BCUT2D eigenvalue weighted by Gasteiger charge is 2.47. The normalized spacial score (nSPS) is 18.1. The van der Waals surface area contributed by atoms with Gasteiger partial charge in [-0.3, -0.25) is 4.79 Å². The van der Waals surface area contributed by atoms with E-state index in [0.29, 0.717) is 20.3 Å². The van der Waals surface area contributed by atoms with Crippen molar-refractivity contribution in [1.82, 2.24) is 9.78 Å². The summed E-state index contributed by atoms with van der Waals surface area (Å²) in [6.07, 6.45) is -4.97. The van der Waals surface area contributed by atoms with Gasteiger partial charge in [-0.05, 0) is 35.9 Å². The van der Waals surface area contributed by atoms with E-state index in [1.54, 1.807) is 24.3 Å². The van der Waals surface area contributed by atoms with Crippen LogP contribution in [0.4, 0.5) is 24.7 Å². The molecule has 1 aromatic heterocycles. The zero-order valence-electron chi connectivity index (χ0n) is 15.9. The van der Waals surface area contributed by atoms with Gasteiger partial charge in [0.05, 0.1) is 16.8 Å². The van der Waals surface area contributed by atoms with Gasteiger partial charge in [-0.25, -0.2) is 4.68 Å². The van der Waals surface area contributed by atoms with Gasteiger partial charge in [0.15, 0.2) is 11.7 Å². The Morgan fingerprint density at radius 1 is 1.06 bits per heavy atom. The molecule has 0 saturated heterocycles. The summed E-state index contributed by atoms with van der Waals surface area (Å²) in [5.41, 5.74) is 0.430. The van der Waals surface area contributed by atoms with Gasteiger partial charge in [0.2, 0.25) is 0 Å². The third-order valence-corrected chi connectivity index (χ3v) is 6.12. The highest BCUT2D eigenvalue weighted by molar-refractivity contribution is 6.38. The van der Waals surface area contributed by atoms with Gasteiger partial charge in [-0.1, -0.05) is 58.5 Å². The Kier molecular flexibility index (Phi) is 6.24. The lowest BCUT2D eigenvalue weighted by atomic mass is 9.97. The van der Waals surface area contributed by atoms with Gasteiger partial charge >= 0.3 is 6.18 Å². The van der Waals surface area contributed by atoms with Crippen molar-refractivity contribution in [3.8, 4) is 0 Å². The van der Waals surface area contributed by atoms with Crippen molar-refractivity contribution in [2.75, 3.05) is 10.6 Å². The number of carbonyl (C=O) groups excluding carboxylic acids is 1. The lowest BCUT2D eigenvalue weighted by Crippen LogP contribution is -2.35. The molecule has 0 fully saturated rings. The van der Waals surface area contributed by atoms with Crippen LogP contribution in [0.3, 0.4) is 0 Å². The van der Waals surface area contributed by atoms with E-state index in [1.165, 1.54) is 18.2 Å². The highest BCUT2D eigenvalue weighted by atomic mass is 35.5. The third kappa shape index (κ3) is 4.50. The summed E-state index contributed by atoms with van der Waals surface area (Å²) >= 11 is 24.1. The molecule has 0 radical (unpaired) electrons. The average molecular weight is 524 g/mol. The molecule has 12 heteroatoms. The zero-order chi connectivity index (χ0) is 23.2. The van der Waals surface area contributed by atoms with Crippen LogP contribution >= 0.6 is 46.4 Å². The SMILES string of the molecule is O=C(Nc1ccc(Cl)cc1Cl)c1nn2c(c1Cl)N[C@H](c1ccc(Cl)cc1)C[C@H]2C(F)(F)F. The second-order valence-corrected chi connectivity index (χ2v) is 8.73. The van der Waals surface area contributed by atoms with E-state index in [4.69, 9.17) is 46.4 Å². The number of fused-ring (bicyclic) bond motifs is 1. The number of hydrogen-bond donors (Lipinski definition) is 2. The first kappa shape index (κ1) is 23.0. The van der Waals surface area contributed by atoms with Crippen molar-refractivity contribution in [3.05, 3.63) is 73.8 Å². The number of benzene rings is 2. The monoisotopic (exact) mass is 522 g/mol. The molecule has 2 aromatic carbocycles. The molecular formula is C20H13Cl4F3N4O. The van der Waals surface area contributed by atoms with Gasteiger partial charge in [0.1, 0.15) is 10.8 Å². The number of alkyl halides is 3. The molecule has 0 spiro atoms. The Morgan fingerprint density at radius 3 is 2.34 bits per heavy atom. The van der Waals surface area contributed by atoms with Crippen LogP contribution in [0, 0.1) is 0 Å². The Labute approximate surface area is 200 Å². The molecule has 0 saturated carbocycles. The summed E-state index contributed by atoms with van der Waals surface area (Å²) < 4.78 is 42.3. The predicted octanol–water partition coefficient (Wildman–Crippen LogP) is 7.41. The molecule has 3 aromatic rings. The minimum Gasteiger partial charge on any atom is -0.362 e. The fraction of sp³-hybridized carbons (Fsp3) is 0.200. The second-order valence-electron chi connectivity index (χ2n) is 7.08. The van der Waals surface area contributed by atoms with Crippen LogP contribution in [0.1, 0.15) is 34.6 Å². The van der Waals surface area contributed by atoms with Crippen LogP contribution in [0.15, 0.2) is 42.5 Å². The summed E-state index contributed by atoms with van der Waals surface area (Å²) in [7, 11) is 0. The molecule has 32 heavy (non-hydrogen) atoms. The van der Waals surface area contributed by atoms with E-state index in [1.807, 2.05) is 0 Å². The molecule has 2 heterocycles. The van der Waals surface area contributed by atoms with Gasteiger partial charge in [-0.2, -0.15) is 18.3 Å². The fourth-order valence-electron chi connectivity index (χ4n) is 3.42. The molecule has 2 N–H and O–H groups in total. The Hall–Kier alpha value is -2.13. The number of carbonyl (C=O) groups is 1. The number of halogens is 7. The first-order chi connectivity index (χ1) is 15.0. The van der Waals surface area contributed by atoms with Crippen LogP contribution < -0.4 is 10.6 Å². The minimum atomic E-state index is -4.62. The Morgan fingerprint density at radius 2 is 1.72 bits per heavy atom. The van der Waals surface area contributed by atoms with E-state index in [-0.39, 0.29) is 33.7 Å². The first-order valence-electron chi connectivity index (χ1n) is 9.17. The molecule has 0 unspecified atom stereocenters. The maximum absolute atomic E-state index is 13.9. The van der Waals surface area contributed by atoms with Crippen molar-refractivity contribution in [2.24, 2.45) is 0 Å². The molecule has 1 aliphatic heterocycles. The van der Waals surface area contributed by atoms with Crippen molar-refractivity contribution < 1.29 is 18.0 Å². The van der Waals surface area contributed by atoms with Crippen LogP contribution in [0.2, 0.25) is 20.1 Å². The van der Waals surface area contributed by atoms with E-state index in [0.717, 1.165) is 0 Å². The smallest absolute Gasteiger partial charge is 0.362 e. The zero-order valence-corrected chi connectivity index (χ0v) is 18.9. The van der Waals surface area contributed by atoms with Gasteiger partial charge in [-0.15, -0.1) is 0 Å². The molecule has 0 bridgehead atoms. The summed E-state index contributed by atoms with van der Waals surface area (Å²) in [6.45, 7) is 0. The van der Waals surface area contributed by atoms with Gasteiger partial charge < -0.3 is 10.6 Å². The molecule has 4 rings (SSSR count). The lowest BCUT2D eigenvalue weighted by molar-refractivity contribution is -0.173. The molecule has 1 aliphatic rings. The van der Waals surface area contributed by atoms with Crippen molar-refractivity contribution in [2.45, 2.75) is 24.7 Å². The summed E-state index contributed by atoms with van der Waals surface area (Å²) in [4.78, 5) is 12.7. The van der Waals surface area contributed by atoms with Crippen molar-refractivity contribution in [1.29, 1.82) is 0 Å². The average Bonchev–Trinajstić information content (AvgIpc) is 3.06. The van der Waals surface area contributed by atoms with Crippen LogP contribution in [-0.2, 0) is 0 Å². The number of rotatable bonds is 3. The van der Waals surface area contributed by atoms with E-state index < -0.39 is 24.2 Å². The molecule has 0 aliphatic carbocycles. The largest absolute Gasteiger partial charge is 0.410 e. The van der Waals surface area contributed by atoms with Gasteiger partial charge in [0, 0.05) is 16.5 Å². The summed E-state index contributed by atoms with van der Waals surface area (Å²) in [5.74, 6) is -0.917. The van der Waals surface area contributed by atoms with Gasteiger partial charge in [0.25, 0.3) is 5.91 Å². The predicted molar refractivity (Wildman–Crippen MR) is 119 cm³/mol. The maximum atomic E-state index is 13.9. The van der Waals surface area contributed by atoms with Crippen LogP contribution in [0.5, 0.6) is 0 Å². The number of amides is 1. The van der Waals surface area contributed by atoms with Crippen molar-refractivity contribution >= 4 is 63.8 Å². The minimum absolute atomic E-state index is 0.104. The topological polar surface area (TPSA) is 59.0 Å². The van der Waals surface area contributed by atoms with Crippen LogP contribution in [0.25, 0.3) is 0 Å². The number of nitrogens with one attached hydrogen (secondary N) is 2. The molecule has 1 amide bonds.